The van der Waals surface area contributed by atoms with Crippen molar-refractivity contribution in [3.8, 4) is 33.4 Å². The standard InChI is InChI=1S/C42H34/c1-31(35-9-5-3-6-10-35)29-33-13-17-37(18-14-33)39-21-25-41(26-22-39)42-27-23-40(24-28-42)38-19-15-34(16-20-38)30-32(2)36-11-7-4-8-12-36/h3-30H,1-2H3. The largest absolute Gasteiger partial charge is 0.0622 e. The lowest BCUT2D eigenvalue weighted by atomic mass is 9.97. The molecule has 0 saturated carbocycles. The third-order valence-electron chi connectivity index (χ3n) is 7.82. The lowest BCUT2D eigenvalue weighted by molar-refractivity contribution is 1.55. The first-order valence-electron chi connectivity index (χ1n) is 14.5. The molecule has 42 heavy (non-hydrogen) atoms. The number of hydrogen-bond acceptors (Lipinski definition) is 0. The molecule has 0 amide bonds. The van der Waals surface area contributed by atoms with Crippen LogP contribution in [-0.4, -0.2) is 0 Å². The Kier molecular flexibility index (Phi) is 8.06. The summed E-state index contributed by atoms with van der Waals surface area (Å²) in [5, 5.41) is 0. The van der Waals surface area contributed by atoms with Crippen LogP contribution in [0.2, 0.25) is 0 Å². The molecule has 6 rings (SSSR count). The summed E-state index contributed by atoms with van der Waals surface area (Å²) >= 11 is 0. The Labute approximate surface area is 250 Å². The quantitative estimate of drug-likeness (QED) is 0.177. The predicted molar refractivity (Wildman–Crippen MR) is 183 cm³/mol. The van der Waals surface area contributed by atoms with Crippen LogP contribution in [0.4, 0.5) is 0 Å². The van der Waals surface area contributed by atoms with Crippen LogP contribution in [0.5, 0.6) is 0 Å². The fourth-order valence-electron chi connectivity index (χ4n) is 5.32. The molecule has 0 heteroatoms. The first-order chi connectivity index (χ1) is 20.6. The van der Waals surface area contributed by atoms with Crippen LogP contribution in [0, 0.1) is 0 Å². The van der Waals surface area contributed by atoms with Gasteiger partial charge >= 0.3 is 0 Å². The molecule has 202 valence electrons. The average Bonchev–Trinajstić information content (AvgIpc) is 3.06. The van der Waals surface area contributed by atoms with E-state index in [2.05, 4.69) is 184 Å². The van der Waals surface area contributed by atoms with Crippen molar-refractivity contribution in [1.29, 1.82) is 0 Å². The summed E-state index contributed by atoms with van der Waals surface area (Å²) in [6.45, 7) is 4.33. The van der Waals surface area contributed by atoms with Gasteiger partial charge in [0.15, 0.2) is 0 Å². The van der Waals surface area contributed by atoms with Crippen LogP contribution in [-0.2, 0) is 0 Å². The Morgan fingerprint density at radius 2 is 0.548 bits per heavy atom. The molecule has 0 nitrogen and oxygen atoms in total. The van der Waals surface area contributed by atoms with E-state index in [4.69, 9.17) is 0 Å². The van der Waals surface area contributed by atoms with E-state index in [0.29, 0.717) is 0 Å². The molecule has 0 atom stereocenters. The third-order valence-corrected chi connectivity index (χ3v) is 7.82. The predicted octanol–water partition coefficient (Wildman–Crippen LogP) is 11.8. The van der Waals surface area contributed by atoms with Gasteiger partial charge in [-0.05, 0) is 80.6 Å². The van der Waals surface area contributed by atoms with E-state index in [9.17, 15) is 0 Å². The fourth-order valence-corrected chi connectivity index (χ4v) is 5.32. The van der Waals surface area contributed by atoms with Crippen LogP contribution in [0.3, 0.4) is 0 Å². The van der Waals surface area contributed by atoms with Gasteiger partial charge in [0.05, 0.1) is 0 Å². The van der Waals surface area contributed by atoms with Gasteiger partial charge in [-0.2, -0.15) is 0 Å². The summed E-state index contributed by atoms with van der Waals surface area (Å²) in [6.07, 6.45) is 4.48. The van der Waals surface area contributed by atoms with Gasteiger partial charge in [-0.3, -0.25) is 0 Å². The maximum atomic E-state index is 2.24. The van der Waals surface area contributed by atoms with E-state index in [-0.39, 0.29) is 0 Å². The highest BCUT2D eigenvalue weighted by Crippen LogP contribution is 2.29. The van der Waals surface area contributed by atoms with Crippen molar-refractivity contribution in [2.45, 2.75) is 13.8 Å². The lowest BCUT2D eigenvalue weighted by Crippen LogP contribution is -1.83. The molecule has 0 aliphatic heterocycles. The Morgan fingerprint density at radius 1 is 0.310 bits per heavy atom. The molecule has 0 aliphatic carbocycles. The Hall–Kier alpha value is -5.20. The van der Waals surface area contributed by atoms with Crippen LogP contribution < -0.4 is 0 Å². The third kappa shape index (κ3) is 6.40. The van der Waals surface area contributed by atoms with Crippen LogP contribution in [0.15, 0.2) is 158 Å². The second kappa shape index (κ2) is 12.5. The average molecular weight is 539 g/mol. The topological polar surface area (TPSA) is 0 Å². The molecule has 0 fully saturated rings. The Bertz CT molecular complexity index is 1660. The van der Waals surface area contributed by atoms with E-state index in [1.54, 1.807) is 0 Å². The number of allylic oxidation sites excluding steroid dienone is 2. The summed E-state index contributed by atoms with van der Waals surface area (Å²) in [4.78, 5) is 0. The summed E-state index contributed by atoms with van der Waals surface area (Å²) in [5.41, 5.74) is 14.8. The van der Waals surface area contributed by atoms with E-state index < -0.39 is 0 Å². The summed E-state index contributed by atoms with van der Waals surface area (Å²) < 4.78 is 0. The minimum absolute atomic E-state index is 1.21. The van der Waals surface area contributed by atoms with Crippen molar-refractivity contribution in [2.24, 2.45) is 0 Å². The maximum absolute atomic E-state index is 2.24. The SMILES string of the molecule is CC(=Cc1ccc(-c2ccc(-c3ccc(-c4ccc(C=C(C)c5ccccc5)cc4)cc3)cc2)cc1)c1ccccc1. The molecule has 0 bridgehead atoms. The van der Waals surface area contributed by atoms with Crippen LogP contribution in [0.1, 0.15) is 36.1 Å². The number of rotatable bonds is 7. The zero-order valence-electron chi connectivity index (χ0n) is 24.2. The van der Waals surface area contributed by atoms with Gasteiger partial charge in [0.2, 0.25) is 0 Å². The summed E-state index contributed by atoms with van der Waals surface area (Å²) in [6, 6.07) is 56.4. The van der Waals surface area contributed by atoms with Crippen molar-refractivity contribution in [3.63, 3.8) is 0 Å². The molecule has 0 radical (unpaired) electrons. The molecule has 6 aromatic rings. The van der Waals surface area contributed by atoms with Crippen molar-refractivity contribution in [1.82, 2.24) is 0 Å². The Morgan fingerprint density at radius 3 is 0.810 bits per heavy atom. The highest BCUT2D eigenvalue weighted by molar-refractivity contribution is 5.82. The molecule has 6 aromatic carbocycles. The monoisotopic (exact) mass is 538 g/mol. The van der Waals surface area contributed by atoms with Gasteiger partial charge < -0.3 is 0 Å². The van der Waals surface area contributed by atoms with Crippen LogP contribution >= 0.6 is 0 Å². The minimum Gasteiger partial charge on any atom is -0.0622 e. The van der Waals surface area contributed by atoms with E-state index in [1.807, 2.05) is 0 Å². The van der Waals surface area contributed by atoms with Gasteiger partial charge in [-0.15, -0.1) is 0 Å². The molecular formula is C42H34. The van der Waals surface area contributed by atoms with Crippen LogP contribution in [0.25, 0.3) is 56.7 Å². The van der Waals surface area contributed by atoms with E-state index in [1.165, 1.54) is 66.8 Å². The first kappa shape index (κ1) is 27.0. The fraction of sp³-hybridized carbons (Fsp3) is 0.0476. The lowest BCUT2D eigenvalue weighted by Gasteiger charge is -2.08. The van der Waals surface area contributed by atoms with Crippen molar-refractivity contribution >= 4 is 23.3 Å². The van der Waals surface area contributed by atoms with Gasteiger partial charge in [0, 0.05) is 0 Å². The van der Waals surface area contributed by atoms with Crippen molar-refractivity contribution < 1.29 is 0 Å². The number of benzene rings is 6. The second-order valence-corrected chi connectivity index (χ2v) is 10.8. The summed E-state index contributed by atoms with van der Waals surface area (Å²) in [5.74, 6) is 0. The highest BCUT2D eigenvalue weighted by Gasteiger charge is 2.04. The van der Waals surface area contributed by atoms with Gasteiger partial charge in [-0.25, -0.2) is 0 Å². The molecule has 0 saturated heterocycles. The molecular weight excluding hydrogens is 504 g/mol. The summed E-state index contributed by atoms with van der Waals surface area (Å²) in [7, 11) is 0. The van der Waals surface area contributed by atoms with Crippen molar-refractivity contribution in [2.75, 3.05) is 0 Å². The molecule has 0 unspecified atom stereocenters. The van der Waals surface area contributed by atoms with Gasteiger partial charge in [-0.1, -0.05) is 170 Å². The Balaban J connectivity index is 1.12. The van der Waals surface area contributed by atoms with Crippen molar-refractivity contribution in [3.05, 3.63) is 180 Å². The van der Waals surface area contributed by atoms with E-state index in [0.717, 1.165) is 0 Å². The van der Waals surface area contributed by atoms with Gasteiger partial charge in [0.1, 0.15) is 0 Å². The smallest absolute Gasteiger partial charge is 0.0184 e. The maximum Gasteiger partial charge on any atom is -0.0184 e. The number of hydrogen-bond donors (Lipinski definition) is 0. The molecule has 0 heterocycles. The minimum atomic E-state index is 1.21. The molecule has 0 aromatic heterocycles. The zero-order chi connectivity index (χ0) is 28.7. The normalized spacial score (nSPS) is 11.9. The highest BCUT2D eigenvalue weighted by atomic mass is 14.1. The van der Waals surface area contributed by atoms with E-state index >= 15 is 0 Å². The molecule has 0 spiro atoms. The molecule has 0 N–H and O–H groups in total. The molecule has 0 aliphatic rings. The van der Waals surface area contributed by atoms with Gasteiger partial charge in [0.25, 0.3) is 0 Å². The zero-order valence-corrected chi connectivity index (χ0v) is 24.2. The first-order valence-corrected chi connectivity index (χ1v) is 14.5. The second-order valence-electron chi connectivity index (χ2n) is 10.8.